The van der Waals surface area contributed by atoms with Gasteiger partial charge in [-0.15, -0.1) is 4.72 Å². The molecule has 0 spiro atoms. The summed E-state index contributed by atoms with van der Waals surface area (Å²) in [5.74, 6) is 0. The van der Waals surface area contributed by atoms with Crippen molar-refractivity contribution in [1.29, 1.82) is 0 Å². The third kappa shape index (κ3) is 5.77. The van der Waals surface area contributed by atoms with Crippen LogP contribution in [0.5, 0.6) is 0 Å². The molecule has 0 bridgehead atoms. The summed E-state index contributed by atoms with van der Waals surface area (Å²) in [6, 6.07) is 4.84. The molecule has 1 aromatic carbocycles. The van der Waals surface area contributed by atoms with Crippen LogP contribution in [0.15, 0.2) is 18.2 Å². The minimum absolute atomic E-state index is 0.197. The maximum atomic E-state index is 12.1. The molecule has 0 amide bonds. The van der Waals surface area contributed by atoms with E-state index in [9.17, 15) is 18.1 Å². The number of anilines is 1. The largest absolute Gasteiger partial charge is 0.598 e. The van der Waals surface area contributed by atoms with Crippen LogP contribution < -0.4 is 9.44 Å². The van der Waals surface area contributed by atoms with E-state index in [0.29, 0.717) is 11.3 Å². The highest BCUT2D eigenvalue weighted by Crippen LogP contribution is 2.24. The summed E-state index contributed by atoms with van der Waals surface area (Å²) in [5.41, 5.74) is 1.64. The van der Waals surface area contributed by atoms with Gasteiger partial charge in [-0.1, -0.05) is 6.07 Å². The Kier molecular flexibility index (Phi) is 6.28. The van der Waals surface area contributed by atoms with E-state index in [1.165, 1.54) is 0 Å². The Morgan fingerprint density at radius 1 is 1.36 bits per heavy atom. The standard InChI is InChI=1S/C14H24N2O4S2/c1-10(15-21(18)14(2,3)4)11-6-7-13(12(8-11)9-17)16-22(5,19)20/h6-8,10,15-17H,9H2,1-5H3/t10-,21-/m1/s1. The zero-order valence-electron chi connectivity index (χ0n) is 13.5. The van der Waals surface area contributed by atoms with Crippen LogP contribution in [0.1, 0.15) is 44.9 Å². The van der Waals surface area contributed by atoms with Crippen LogP contribution >= 0.6 is 0 Å². The van der Waals surface area contributed by atoms with Crippen molar-refractivity contribution >= 4 is 27.1 Å². The van der Waals surface area contributed by atoms with Crippen molar-refractivity contribution in [2.45, 2.75) is 45.1 Å². The van der Waals surface area contributed by atoms with Crippen LogP contribution in [-0.2, 0) is 28.0 Å². The van der Waals surface area contributed by atoms with Crippen LogP contribution in [0.4, 0.5) is 5.69 Å². The fraction of sp³-hybridized carbons (Fsp3) is 0.571. The lowest BCUT2D eigenvalue weighted by Gasteiger charge is -2.26. The summed E-state index contributed by atoms with van der Waals surface area (Å²) in [5, 5.41) is 9.42. The predicted molar refractivity (Wildman–Crippen MR) is 90.3 cm³/mol. The first-order chi connectivity index (χ1) is 9.94. The average molecular weight is 348 g/mol. The molecular formula is C14H24N2O4S2. The van der Waals surface area contributed by atoms with Gasteiger partial charge < -0.3 is 9.66 Å². The molecule has 1 aromatic rings. The van der Waals surface area contributed by atoms with E-state index in [0.717, 1.165) is 11.8 Å². The minimum atomic E-state index is -3.41. The summed E-state index contributed by atoms with van der Waals surface area (Å²) < 4.78 is 39.7. The van der Waals surface area contributed by atoms with Crippen LogP contribution in [-0.4, -0.2) is 29.1 Å². The van der Waals surface area contributed by atoms with E-state index in [4.69, 9.17) is 0 Å². The molecule has 0 unspecified atom stereocenters. The van der Waals surface area contributed by atoms with Gasteiger partial charge in [-0.2, -0.15) is 0 Å². The first-order valence-corrected chi connectivity index (χ1v) is 9.87. The van der Waals surface area contributed by atoms with Crippen LogP contribution in [0, 0.1) is 0 Å². The van der Waals surface area contributed by atoms with E-state index in [2.05, 4.69) is 9.44 Å². The first-order valence-electron chi connectivity index (χ1n) is 6.83. The van der Waals surface area contributed by atoms with Gasteiger partial charge in [0.1, 0.15) is 4.75 Å². The molecule has 0 fully saturated rings. The lowest BCUT2D eigenvalue weighted by Crippen LogP contribution is -2.40. The van der Waals surface area contributed by atoms with Gasteiger partial charge in [-0.25, -0.2) is 8.42 Å². The molecule has 126 valence electrons. The zero-order valence-corrected chi connectivity index (χ0v) is 15.1. The van der Waals surface area contributed by atoms with Gasteiger partial charge in [0, 0.05) is 16.9 Å². The summed E-state index contributed by atoms with van der Waals surface area (Å²) in [7, 11) is -3.41. The van der Waals surface area contributed by atoms with E-state index in [1.807, 2.05) is 27.7 Å². The van der Waals surface area contributed by atoms with Crippen molar-refractivity contribution in [1.82, 2.24) is 4.72 Å². The lowest BCUT2D eigenvalue weighted by molar-refractivity contribution is 0.282. The first kappa shape index (κ1) is 19.2. The number of hydrogen-bond donors (Lipinski definition) is 3. The van der Waals surface area contributed by atoms with Crippen LogP contribution in [0.2, 0.25) is 0 Å². The molecule has 6 nitrogen and oxygen atoms in total. The second kappa shape index (κ2) is 7.18. The fourth-order valence-electron chi connectivity index (χ4n) is 1.72. The monoisotopic (exact) mass is 348 g/mol. The molecule has 0 radical (unpaired) electrons. The highest BCUT2D eigenvalue weighted by molar-refractivity contribution is 7.92. The molecule has 0 aliphatic carbocycles. The van der Waals surface area contributed by atoms with Crippen molar-refractivity contribution in [2.24, 2.45) is 0 Å². The second-order valence-corrected chi connectivity index (χ2v) is 9.92. The van der Waals surface area contributed by atoms with Gasteiger partial charge in [0.15, 0.2) is 0 Å². The topological polar surface area (TPSA) is 101 Å². The number of sulfonamides is 1. The highest BCUT2D eigenvalue weighted by atomic mass is 32.2. The van der Waals surface area contributed by atoms with Crippen LogP contribution in [0.25, 0.3) is 0 Å². The van der Waals surface area contributed by atoms with E-state index >= 15 is 0 Å². The highest BCUT2D eigenvalue weighted by Gasteiger charge is 2.28. The van der Waals surface area contributed by atoms with Gasteiger partial charge >= 0.3 is 0 Å². The average Bonchev–Trinajstić information content (AvgIpc) is 2.36. The molecule has 1 rings (SSSR count). The summed E-state index contributed by atoms with van der Waals surface area (Å²) in [4.78, 5) is 0. The maximum Gasteiger partial charge on any atom is 0.229 e. The number of rotatable bonds is 6. The molecule has 0 aliphatic heterocycles. The zero-order chi connectivity index (χ0) is 17.1. The van der Waals surface area contributed by atoms with Gasteiger partial charge in [0.25, 0.3) is 0 Å². The molecule has 3 N–H and O–H groups in total. The van der Waals surface area contributed by atoms with Gasteiger partial charge in [-0.05, 0) is 45.4 Å². The van der Waals surface area contributed by atoms with Crippen molar-refractivity contribution in [2.75, 3.05) is 11.0 Å². The SMILES string of the molecule is C[C@@H](N[S@+]([O-])C(C)(C)C)c1ccc(NS(C)(=O)=O)c(CO)c1. The quantitative estimate of drug-likeness (QED) is 0.679. The maximum absolute atomic E-state index is 12.1. The van der Waals surface area contributed by atoms with Gasteiger partial charge in [-0.3, -0.25) is 4.72 Å². The Balaban J connectivity index is 2.98. The van der Waals surface area contributed by atoms with Crippen molar-refractivity contribution < 1.29 is 18.1 Å². The second-order valence-electron chi connectivity index (χ2n) is 6.17. The van der Waals surface area contributed by atoms with Crippen LogP contribution in [0.3, 0.4) is 0 Å². The molecule has 0 heterocycles. The smallest absolute Gasteiger partial charge is 0.229 e. The molecule has 0 saturated carbocycles. The van der Waals surface area contributed by atoms with Gasteiger partial charge in [0.2, 0.25) is 10.0 Å². The fourth-order valence-corrected chi connectivity index (χ4v) is 3.13. The van der Waals surface area contributed by atoms with E-state index < -0.39 is 21.4 Å². The number of aliphatic hydroxyl groups is 1. The Hall–Kier alpha value is -0.800. The number of nitrogens with one attached hydrogen (secondary N) is 2. The van der Waals surface area contributed by atoms with E-state index in [-0.39, 0.29) is 17.4 Å². The summed E-state index contributed by atoms with van der Waals surface area (Å²) in [6.45, 7) is 7.20. The Labute approximate surface area is 135 Å². The van der Waals surface area contributed by atoms with Crippen molar-refractivity contribution in [3.63, 3.8) is 0 Å². The minimum Gasteiger partial charge on any atom is -0.598 e. The number of hydrogen-bond acceptors (Lipinski definition) is 5. The molecule has 8 heteroatoms. The van der Waals surface area contributed by atoms with Crippen molar-refractivity contribution in [3.05, 3.63) is 29.3 Å². The molecule has 2 atom stereocenters. The van der Waals surface area contributed by atoms with E-state index in [1.54, 1.807) is 18.2 Å². The summed E-state index contributed by atoms with van der Waals surface area (Å²) in [6.07, 6.45) is 1.05. The van der Waals surface area contributed by atoms with Gasteiger partial charge in [0.05, 0.1) is 24.6 Å². The Morgan fingerprint density at radius 3 is 2.41 bits per heavy atom. The molecule has 0 aromatic heterocycles. The molecule has 22 heavy (non-hydrogen) atoms. The van der Waals surface area contributed by atoms with Crippen molar-refractivity contribution in [3.8, 4) is 0 Å². The summed E-state index contributed by atoms with van der Waals surface area (Å²) >= 11 is -1.22. The third-order valence-corrected chi connectivity index (χ3v) is 5.21. The molecule has 0 saturated heterocycles. The Bertz CT molecular complexity index is 612. The molecule has 0 aliphatic rings. The number of aliphatic hydroxyl groups excluding tert-OH is 1. The number of benzene rings is 1. The Morgan fingerprint density at radius 2 is 1.95 bits per heavy atom. The predicted octanol–water partition coefficient (Wildman–Crippen LogP) is 1.66. The normalized spacial score (nSPS) is 15.4. The lowest BCUT2D eigenvalue weighted by atomic mass is 10.0. The molecular weight excluding hydrogens is 324 g/mol. The third-order valence-electron chi connectivity index (χ3n) is 2.93.